The predicted molar refractivity (Wildman–Crippen MR) is 101 cm³/mol. The summed E-state index contributed by atoms with van der Waals surface area (Å²) < 4.78 is 8.05. The van der Waals surface area contributed by atoms with Crippen LogP contribution in [-0.2, 0) is 11.3 Å². The van der Waals surface area contributed by atoms with Gasteiger partial charge in [0.05, 0.1) is 12.0 Å². The van der Waals surface area contributed by atoms with Crippen LogP contribution in [0.1, 0.15) is 19.8 Å². The molecule has 3 aromatic rings. The number of amides is 1. The molecule has 4 rings (SSSR count). The number of hydrogen-bond acceptors (Lipinski definition) is 4. The first-order valence-electron chi connectivity index (χ1n) is 8.84. The van der Waals surface area contributed by atoms with Gasteiger partial charge in [-0.15, -0.1) is 5.10 Å². The molecule has 1 aliphatic rings. The number of carbonyl (C=O) groups is 1. The van der Waals surface area contributed by atoms with Gasteiger partial charge >= 0.3 is 5.69 Å². The van der Waals surface area contributed by atoms with Gasteiger partial charge in [-0.25, -0.2) is 4.79 Å². The number of likely N-dealkylation sites (tertiary alicyclic amines) is 1. The van der Waals surface area contributed by atoms with Crippen LogP contribution in [0.2, 0.25) is 5.02 Å². The summed E-state index contributed by atoms with van der Waals surface area (Å²) in [5, 5.41) is 4.98. The van der Waals surface area contributed by atoms with E-state index in [0.717, 1.165) is 19.4 Å². The lowest BCUT2D eigenvalue weighted by Crippen LogP contribution is -2.38. The van der Waals surface area contributed by atoms with Gasteiger partial charge in [0.2, 0.25) is 11.7 Å². The van der Waals surface area contributed by atoms with Gasteiger partial charge in [-0.05, 0) is 56.2 Å². The Morgan fingerprint density at radius 3 is 2.70 bits per heavy atom. The topological polar surface area (TPSA) is 73.3 Å². The molecular formula is C19H19ClN4O3. The van der Waals surface area contributed by atoms with Crippen LogP contribution in [0.4, 0.5) is 0 Å². The monoisotopic (exact) mass is 386 g/mol. The normalized spacial score (nSPS) is 16.8. The van der Waals surface area contributed by atoms with Crippen LogP contribution in [0.15, 0.2) is 51.9 Å². The highest BCUT2D eigenvalue weighted by Gasteiger charge is 2.27. The molecular weight excluding hydrogens is 368 g/mol. The molecule has 27 heavy (non-hydrogen) atoms. The first-order valence-corrected chi connectivity index (χ1v) is 9.21. The Hall–Kier alpha value is -2.80. The average Bonchev–Trinajstić information content (AvgIpc) is 3.38. The summed E-state index contributed by atoms with van der Waals surface area (Å²) in [6.07, 6.45) is 3.47. The van der Waals surface area contributed by atoms with Crippen molar-refractivity contribution in [3.8, 4) is 17.3 Å². The zero-order valence-electron chi connectivity index (χ0n) is 14.8. The van der Waals surface area contributed by atoms with Gasteiger partial charge in [-0.2, -0.15) is 4.68 Å². The van der Waals surface area contributed by atoms with Crippen molar-refractivity contribution in [1.82, 2.24) is 19.2 Å². The van der Waals surface area contributed by atoms with Gasteiger partial charge in [0.1, 0.15) is 6.54 Å². The first-order chi connectivity index (χ1) is 13.0. The molecule has 1 aliphatic heterocycles. The molecule has 140 valence electrons. The van der Waals surface area contributed by atoms with Crippen LogP contribution in [0.5, 0.6) is 0 Å². The molecule has 7 nitrogen and oxygen atoms in total. The van der Waals surface area contributed by atoms with E-state index in [9.17, 15) is 9.59 Å². The third kappa shape index (κ3) is 3.30. The predicted octanol–water partition coefficient (Wildman–Crippen LogP) is 2.96. The fourth-order valence-electron chi connectivity index (χ4n) is 3.41. The minimum atomic E-state index is -0.399. The molecule has 8 heteroatoms. The summed E-state index contributed by atoms with van der Waals surface area (Å²) in [6.45, 7) is 2.67. The third-order valence-corrected chi connectivity index (χ3v) is 5.09. The fourth-order valence-corrected chi connectivity index (χ4v) is 3.53. The van der Waals surface area contributed by atoms with Gasteiger partial charge in [0, 0.05) is 17.6 Å². The lowest BCUT2D eigenvalue weighted by molar-refractivity contribution is -0.132. The van der Waals surface area contributed by atoms with Crippen molar-refractivity contribution in [2.24, 2.45) is 0 Å². The van der Waals surface area contributed by atoms with E-state index in [1.54, 1.807) is 36.4 Å². The average molecular weight is 387 g/mol. The van der Waals surface area contributed by atoms with Crippen LogP contribution in [0, 0.1) is 0 Å². The fraction of sp³-hybridized carbons (Fsp3) is 0.316. The van der Waals surface area contributed by atoms with E-state index in [2.05, 4.69) is 5.10 Å². The van der Waals surface area contributed by atoms with E-state index in [4.69, 9.17) is 16.0 Å². The van der Waals surface area contributed by atoms with Crippen LogP contribution >= 0.6 is 11.6 Å². The molecule has 1 amide bonds. The van der Waals surface area contributed by atoms with Gasteiger partial charge in [0.25, 0.3) is 0 Å². The Labute approximate surface area is 160 Å². The Morgan fingerprint density at radius 1 is 1.30 bits per heavy atom. The van der Waals surface area contributed by atoms with Crippen molar-refractivity contribution in [3.63, 3.8) is 0 Å². The molecule has 1 fully saturated rings. The van der Waals surface area contributed by atoms with Crippen LogP contribution in [0.25, 0.3) is 17.3 Å². The SMILES string of the molecule is CC1CCCN1C(=O)Cn1c(-c2ccco2)nn(-c2ccc(Cl)cc2)c1=O. The highest BCUT2D eigenvalue weighted by molar-refractivity contribution is 6.30. The number of halogens is 1. The minimum Gasteiger partial charge on any atom is -0.461 e. The number of carbonyl (C=O) groups excluding carboxylic acids is 1. The van der Waals surface area contributed by atoms with Crippen molar-refractivity contribution < 1.29 is 9.21 Å². The number of rotatable bonds is 4. The van der Waals surface area contributed by atoms with Gasteiger partial charge in [-0.1, -0.05) is 11.6 Å². The molecule has 1 aromatic carbocycles. The molecule has 0 spiro atoms. The number of benzene rings is 1. The van der Waals surface area contributed by atoms with E-state index in [-0.39, 0.29) is 18.5 Å². The van der Waals surface area contributed by atoms with E-state index < -0.39 is 5.69 Å². The van der Waals surface area contributed by atoms with Crippen molar-refractivity contribution in [2.75, 3.05) is 6.54 Å². The molecule has 2 aromatic heterocycles. The van der Waals surface area contributed by atoms with E-state index in [1.165, 1.54) is 15.5 Å². The van der Waals surface area contributed by atoms with Crippen molar-refractivity contribution in [2.45, 2.75) is 32.4 Å². The molecule has 0 radical (unpaired) electrons. The molecule has 1 saturated heterocycles. The van der Waals surface area contributed by atoms with Gasteiger partial charge in [-0.3, -0.25) is 9.36 Å². The second-order valence-electron chi connectivity index (χ2n) is 6.64. The molecule has 0 aliphatic carbocycles. The Kier molecular flexibility index (Phi) is 4.61. The number of furan rings is 1. The maximum absolute atomic E-state index is 13.0. The molecule has 1 atom stereocenters. The smallest absolute Gasteiger partial charge is 0.351 e. The number of aromatic nitrogens is 3. The summed E-state index contributed by atoms with van der Waals surface area (Å²) in [6, 6.07) is 10.4. The zero-order chi connectivity index (χ0) is 19.0. The lowest BCUT2D eigenvalue weighted by atomic mass is 10.2. The largest absolute Gasteiger partial charge is 0.461 e. The maximum Gasteiger partial charge on any atom is 0.351 e. The quantitative estimate of drug-likeness (QED) is 0.691. The summed E-state index contributed by atoms with van der Waals surface area (Å²) in [5.74, 6) is 0.660. The Bertz CT molecular complexity index is 1000. The molecule has 0 bridgehead atoms. The molecule has 0 saturated carbocycles. The maximum atomic E-state index is 13.0. The molecule has 1 unspecified atom stereocenters. The second kappa shape index (κ2) is 7.08. The highest BCUT2D eigenvalue weighted by atomic mass is 35.5. The highest BCUT2D eigenvalue weighted by Crippen LogP contribution is 2.20. The molecule has 0 N–H and O–H groups in total. The van der Waals surface area contributed by atoms with E-state index in [0.29, 0.717) is 22.3 Å². The first kappa shape index (κ1) is 17.6. The third-order valence-electron chi connectivity index (χ3n) is 4.84. The molecule has 3 heterocycles. The summed E-state index contributed by atoms with van der Waals surface area (Å²) in [5.41, 5.74) is 0.168. The summed E-state index contributed by atoms with van der Waals surface area (Å²) >= 11 is 5.93. The second-order valence-corrected chi connectivity index (χ2v) is 7.07. The van der Waals surface area contributed by atoms with Gasteiger partial charge < -0.3 is 9.32 Å². The Morgan fingerprint density at radius 2 is 2.07 bits per heavy atom. The van der Waals surface area contributed by atoms with Crippen LogP contribution in [-0.4, -0.2) is 37.7 Å². The van der Waals surface area contributed by atoms with Gasteiger partial charge in [0.15, 0.2) is 5.76 Å². The van der Waals surface area contributed by atoms with E-state index >= 15 is 0 Å². The van der Waals surface area contributed by atoms with Crippen molar-refractivity contribution in [1.29, 1.82) is 0 Å². The number of nitrogens with zero attached hydrogens (tertiary/aromatic N) is 4. The van der Waals surface area contributed by atoms with Crippen molar-refractivity contribution in [3.05, 3.63) is 58.2 Å². The lowest BCUT2D eigenvalue weighted by Gasteiger charge is -2.21. The number of hydrogen-bond donors (Lipinski definition) is 0. The van der Waals surface area contributed by atoms with Crippen LogP contribution < -0.4 is 5.69 Å². The van der Waals surface area contributed by atoms with Crippen molar-refractivity contribution >= 4 is 17.5 Å². The summed E-state index contributed by atoms with van der Waals surface area (Å²) in [4.78, 5) is 27.6. The minimum absolute atomic E-state index is 0.0766. The zero-order valence-corrected chi connectivity index (χ0v) is 15.6. The standard InChI is InChI=1S/C19H19ClN4O3/c1-13-4-2-10-22(13)17(25)12-23-18(16-5-3-11-27-16)21-24(19(23)26)15-8-6-14(20)7-9-15/h3,5-9,11,13H,2,4,10,12H2,1H3. The summed E-state index contributed by atoms with van der Waals surface area (Å²) in [7, 11) is 0. The van der Waals surface area contributed by atoms with Crippen LogP contribution in [0.3, 0.4) is 0 Å². The van der Waals surface area contributed by atoms with E-state index in [1.807, 2.05) is 11.8 Å². The Balaban J connectivity index is 1.76.